The van der Waals surface area contributed by atoms with Crippen molar-refractivity contribution in [3.8, 4) is 17.3 Å². The van der Waals surface area contributed by atoms with Gasteiger partial charge in [0.1, 0.15) is 24.2 Å². The van der Waals surface area contributed by atoms with E-state index < -0.39 is 0 Å². The molecule has 1 fully saturated rings. The monoisotopic (exact) mass is 458 g/mol. The molecular formula is C25H23FN6O2. The lowest BCUT2D eigenvalue weighted by Gasteiger charge is -2.35. The quantitative estimate of drug-likeness (QED) is 0.432. The van der Waals surface area contributed by atoms with Crippen LogP contribution < -0.4 is 4.74 Å². The summed E-state index contributed by atoms with van der Waals surface area (Å²) < 4.78 is 20.8. The number of halogens is 1. The van der Waals surface area contributed by atoms with Crippen LogP contribution in [-0.4, -0.2) is 42.1 Å². The van der Waals surface area contributed by atoms with Crippen molar-refractivity contribution in [2.24, 2.45) is 0 Å². The Bertz CT molecular complexity index is 1290. The fraction of sp³-hybridized carbons (Fsp3) is 0.240. The zero-order valence-corrected chi connectivity index (χ0v) is 18.6. The number of hydrogen-bond acceptors (Lipinski definition) is 6. The zero-order valence-electron chi connectivity index (χ0n) is 18.6. The molecule has 2 aromatic carbocycles. The molecule has 0 N–H and O–H groups in total. The van der Waals surface area contributed by atoms with Gasteiger partial charge in [-0.05, 0) is 68.7 Å². The molecule has 1 atom stereocenters. The number of likely N-dealkylation sites (tertiary alicyclic amines) is 1. The highest BCUT2D eigenvalue weighted by atomic mass is 19.1. The average Bonchev–Trinajstić information content (AvgIpc) is 3.40. The maximum atomic E-state index is 13.6. The third-order valence-electron chi connectivity index (χ3n) is 5.76. The molecule has 1 aliphatic heterocycles. The van der Waals surface area contributed by atoms with Crippen molar-refractivity contribution in [1.82, 2.24) is 29.6 Å². The first-order valence-corrected chi connectivity index (χ1v) is 11.1. The number of nitrogens with zero attached hydrogens (tertiary/aromatic N) is 6. The van der Waals surface area contributed by atoms with Crippen LogP contribution in [0.2, 0.25) is 0 Å². The molecule has 0 aliphatic carbocycles. The van der Waals surface area contributed by atoms with Crippen LogP contribution in [0.1, 0.15) is 47.2 Å². The Morgan fingerprint density at radius 3 is 2.62 bits per heavy atom. The predicted molar refractivity (Wildman–Crippen MR) is 122 cm³/mol. The summed E-state index contributed by atoms with van der Waals surface area (Å²) in [7, 11) is 0. The SMILES string of the molecule is Cc1cc(Oc2ccc(F)cc2)nc([C@H]2CCCCN2C(=O)c2cccc(-n3cnnc3)c2)n1. The minimum Gasteiger partial charge on any atom is -0.439 e. The maximum absolute atomic E-state index is 13.6. The normalized spacial score (nSPS) is 15.8. The van der Waals surface area contributed by atoms with Crippen molar-refractivity contribution < 1.29 is 13.9 Å². The van der Waals surface area contributed by atoms with E-state index in [0.717, 1.165) is 30.6 Å². The topological polar surface area (TPSA) is 86.0 Å². The van der Waals surface area contributed by atoms with Gasteiger partial charge in [-0.25, -0.2) is 9.37 Å². The standard InChI is InChI=1S/C25H23FN6O2/c1-17-13-23(34-21-10-8-19(26)9-11-21)30-24(29-17)22-7-2-3-12-32(22)25(33)18-5-4-6-20(14-18)31-15-27-28-16-31/h4-6,8-11,13-16,22H,2-3,7,12H2,1H3/t22-/m1/s1. The van der Waals surface area contributed by atoms with Crippen molar-refractivity contribution in [2.75, 3.05) is 6.54 Å². The molecule has 9 heteroatoms. The smallest absolute Gasteiger partial charge is 0.254 e. The summed E-state index contributed by atoms with van der Waals surface area (Å²) in [5.74, 6) is 0.969. The number of piperidine rings is 1. The number of hydrogen-bond donors (Lipinski definition) is 0. The highest BCUT2D eigenvalue weighted by molar-refractivity contribution is 5.95. The van der Waals surface area contributed by atoms with E-state index in [1.165, 1.54) is 12.1 Å². The first-order valence-electron chi connectivity index (χ1n) is 11.1. The van der Waals surface area contributed by atoms with Crippen LogP contribution in [0.3, 0.4) is 0 Å². The fourth-order valence-corrected chi connectivity index (χ4v) is 4.13. The first-order chi connectivity index (χ1) is 16.6. The highest BCUT2D eigenvalue weighted by Crippen LogP contribution is 2.32. The predicted octanol–water partition coefficient (Wildman–Crippen LogP) is 4.66. The molecule has 1 saturated heterocycles. The first kappa shape index (κ1) is 21.7. The molecule has 1 aliphatic rings. The van der Waals surface area contributed by atoms with Gasteiger partial charge in [0.2, 0.25) is 5.88 Å². The van der Waals surface area contributed by atoms with Crippen LogP contribution in [0.25, 0.3) is 5.69 Å². The fourth-order valence-electron chi connectivity index (χ4n) is 4.13. The Morgan fingerprint density at radius 2 is 1.82 bits per heavy atom. The molecular weight excluding hydrogens is 435 g/mol. The number of aryl methyl sites for hydroxylation is 1. The summed E-state index contributed by atoms with van der Waals surface area (Å²) in [6.45, 7) is 2.48. The summed E-state index contributed by atoms with van der Waals surface area (Å²) >= 11 is 0. The van der Waals surface area contributed by atoms with Gasteiger partial charge in [-0.2, -0.15) is 4.98 Å². The maximum Gasteiger partial charge on any atom is 0.254 e. The highest BCUT2D eigenvalue weighted by Gasteiger charge is 2.31. The Balaban J connectivity index is 1.43. The summed E-state index contributed by atoms with van der Waals surface area (Å²) in [6.07, 6.45) is 5.84. The number of benzene rings is 2. The molecule has 4 aromatic rings. The van der Waals surface area contributed by atoms with Crippen LogP contribution in [0.4, 0.5) is 4.39 Å². The third-order valence-corrected chi connectivity index (χ3v) is 5.76. The number of ether oxygens (including phenoxy) is 1. The molecule has 34 heavy (non-hydrogen) atoms. The molecule has 0 radical (unpaired) electrons. The largest absolute Gasteiger partial charge is 0.439 e. The second kappa shape index (κ2) is 9.38. The number of rotatable bonds is 5. The summed E-state index contributed by atoms with van der Waals surface area (Å²) in [5, 5.41) is 7.67. The minimum atomic E-state index is -0.336. The molecule has 2 aromatic heterocycles. The Hall–Kier alpha value is -4.14. The van der Waals surface area contributed by atoms with E-state index in [2.05, 4.69) is 20.2 Å². The van der Waals surface area contributed by atoms with Crippen LogP contribution in [0.5, 0.6) is 11.6 Å². The van der Waals surface area contributed by atoms with Crippen molar-refractivity contribution >= 4 is 5.91 Å². The molecule has 0 bridgehead atoms. The number of aromatic nitrogens is 5. The molecule has 0 unspecified atom stereocenters. The molecule has 5 rings (SSSR count). The molecule has 0 saturated carbocycles. The molecule has 0 spiro atoms. The summed E-state index contributed by atoms with van der Waals surface area (Å²) in [5.41, 5.74) is 2.12. The van der Waals surface area contributed by atoms with Crippen LogP contribution >= 0.6 is 0 Å². The second-order valence-corrected chi connectivity index (χ2v) is 8.19. The minimum absolute atomic E-state index is 0.0780. The Kier molecular flexibility index (Phi) is 5.99. The van der Waals surface area contributed by atoms with Crippen molar-refractivity contribution in [2.45, 2.75) is 32.2 Å². The van der Waals surface area contributed by atoms with Gasteiger partial charge in [-0.15, -0.1) is 10.2 Å². The van der Waals surface area contributed by atoms with Crippen molar-refractivity contribution in [3.63, 3.8) is 0 Å². The van der Waals surface area contributed by atoms with Gasteiger partial charge in [-0.3, -0.25) is 9.36 Å². The van der Waals surface area contributed by atoms with Gasteiger partial charge in [0.05, 0.1) is 6.04 Å². The number of amides is 1. The van der Waals surface area contributed by atoms with E-state index in [1.807, 2.05) is 36.1 Å². The summed E-state index contributed by atoms with van der Waals surface area (Å²) in [4.78, 5) is 24.6. The zero-order chi connectivity index (χ0) is 23.5. The lowest BCUT2D eigenvalue weighted by Crippen LogP contribution is -2.39. The van der Waals surface area contributed by atoms with E-state index in [4.69, 9.17) is 4.74 Å². The third kappa shape index (κ3) is 4.63. The van der Waals surface area contributed by atoms with Gasteiger partial charge in [-0.1, -0.05) is 6.07 Å². The second-order valence-electron chi connectivity index (χ2n) is 8.19. The lowest BCUT2D eigenvalue weighted by atomic mass is 9.99. The van der Waals surface area contributed by atoms with E-state index in [-0.39, 0.29) is 17.8 Å². The van der Waals surface area contributed by atoms with Crippen molar-refractivity contribution in [1.29, 1.82) is 0 Å². The van der Waals surface area contributed by atoms with Gasteiger partial charge in [0.25, 0.3) is 5.91 Å². The molecule has 8 nitrogen and oxygen atoms in total. The summed E-state index contributed by atoms with van der Waals surface area (Å²) in [6, 6.07) is 14.6. The lowest BCUT2D eigenvalue weighted by molar-refractivity contribution is 0.0598. The van der Waals surface area contributed by atoms with Crippen LogP contribution in [0.15, 0.2) is 67.3 Å². The number of carbonyl (C=O) groups excluding carboxylic acids is 1. The van der Waals surface area contributed by atoms with Gasteiger partial charge >= 0.3 is 0 Å². The van der Waals surface area contributed by atoms with E-state index >= 15 is 0 Å². The van der Waals surface area contributed by atoms with E-state index in [0.29, 0.717) is 29.6 Å². The van der Waals surface area contributed by atoms with Gasteiger partial charge in [0, 0.05) is 29.6 Å². The molecule has 3 heterocycles. The van der Waals surface area contributed by atoms with E-state index in [9.17, 15) is 9.18 Å². The molecule has 172 valence electrons. The average molecular weight is 458 g/mol. The van der Waals surface area contributed by atoms with E-state index in [1.54, 1.807) is 35.4 Å². The van der Waals surface area contributed by atoms with Crippen LogP contribution in [0, 0.1) is 12.7 Å². The van der Waals surface area contributed by atoms with Gasteiger partial charge in [0.15, 0.2) is 5.82 Å². The Labute approximate surface area is 196 Å². The Morgan fingerprint density at radius 1 is 1.03 bits per heavy atom. The van der Waals surface area contributed by atoms with Crippen molar-refractivity contribution in [3.05, 3.63) is 90.2 Å². The van der Waals surface area contributed by atoms with Crippen LogP contribution in [-0.2, 0) is 0 Å². The molecule has 1 amide bonds. The van der Waals surface area contributed by atoms with Gasteiger partial charge < -0.3 is 9.64 Å². The number of carbonyl (C=O) groups is 1.